The zero-order valence-corrected chi connectivity index (χ0v) is 13.2. The van der Waals surface area contributed by atoms with Crippen molar-refractivity contribution < 1.29 is 0 Å². The maximum Gasteiger partial charge on any atom is 0.0113 e. The van der Waals surface area contributed by atoms with Gasteiger partial charge in [0, 0.05) is 38.3 Å². The average molecular weight is 264 g/mol. The van der Waals surface area contributed by atoms with E-state index in [0.717, 1.165) is 12.0 Å². The van der Waals surface area contributed by atoms with Crippen molar-refractivity contribution in [3.63, 3.8) is 0 Å². The number of hydrogen-bond acceptors (Lipinski definition) is 2. The highest BCUT2D eigenvalue weighted by Gasteiger charge is 2.29. The van der Waals surface area contributed by atoms with E-state index >= 15 is 0 Å². The van der Waals surface area contributed by atoms with Gasteiger partial charge in [0.2, 0.25) is 0 Å². The van der Waals surface area contributed by atoms with Gasteiger partial charge >= 0.3 is 0 Å². The van der Waals surface area contributed by atoms with E-state index in [1.165, 1.54) is 63.9 Å². The van der Waals surface area contributed by atoms with Crippen LogP contribution >= 0.6 is 0 Å². The number of hydrogen-bond donors (Lipinski definition) is 0. The Kier molecular flexibility index (Phi) is 5.47. The fourth-order valence-electron chi connectivity index (χ4n) is 3.76. The summed E-state index contributed by atoms with van der Waals surface area (Å²) in [5, 5.41) is 0. The molecule has 2 aliphatic rings. The Morgan fingerprint density at radius 2 is 1.63 bits per heavy atom. The summed E-state index contributed by atoms with van der Waals surface area (Å²) in [6, 6.07) is 1.57. The lowest BCUT2D eigenvalue weighted by Gasteiger charge is -2.43. The summed E-state index contributed by atoms with van der Waals surface area (Å²) < 4.78 is 0. The normalized spacial score (nSPS) is 30.7. The van der Waals surface area contributed by atoms with Crippen LogP contribution in [0, 0.1) is 5.92 Å². The second-order valence-electron chi connectivity index (χ2n) is 6.68. The Bertz CT molecular complexity index is 282. The van der Waals surface area contributed by atoms with Gasteiger partial charge in [-0.05, 0) is 51.9 Å². The number of allylic oxidation sites excluding steroid dienone is 1. The van der Waals surface area contributed by atoms with Crippen LogP contribution < -0.4 is 0 Å². The maximum absolute atomic E-state index is 4.24. The first-order valence-electron chi connectivity index (χ1n) is 8.27. The number of nitrogens with zero attached hydrogens (tertiary/aromatic N) is 2. The molecule has 0 spiro atoms. The first-order valence-corrected chi connectivity index (χ1v) is 8.27. The molecular formula is C17H32N2. The van der Waals surface area contributed by atoms with Gasteiger partial charge in [0.25, 0.3) is 0 Å². The third-order valence-corrected chi connectivity index (χ3v) is 5.32. The van der Waals surface area contributed by atoms with Gasteiger partial charge in [0.05, 0.1) is 0 Å². The van der Waals surface area contributed by atoms with Crippen LogP contribution in [0.4, 0.5) is 0 Å². The van der Waals surface area contributed by atoms with Crippen molar-refractivity contribution in [1.82, 2.24) is 9.80 Å². The molecule has 0 amide bonds. The third kappa shape index (κ3) is 3.82. The van der Waals surface area contributed by atoms with Gasteiger partial charge in [0.15, 0.2) is 0 Å². The van der Waals surface area contributed by atoms with E-state index in [0.29, 0.717) is 6.04 Å². The molecule has 1 saturated heterocycles. The van der Waals surface area contributed by atoms with E-state index in [4.69, 9.17) is 0 Å². The molecule has 0 bridgehead atoms. The topological polar surface area (TPSA) is 6.48 Å². The molecule has 110 valence electrons. The molecule has 0 atom stereocenters. The summed E-state index contributed by atoms with van der Waals surface area (Å²) in [5.74, 6) is 0.818. The molecule has 1 aliphatic carbocycles. The van der Waals surface area contributed by atoms with Crippen LogP contribution in [0.5, 0.6) is 0 Å². The summed E-state index contributed by atoms with van der Waals surface area (Å²) >= 11 is 0. The summed E-state index contributed by atoms with van der Waals surface area (Å²) in [6.07, 6.45) is 6.71. The summed E-state index contributed by atoms with van der Waals surface area (Å²) in [7, 11) is 0. The minimum absolute atomic E-state index is 0.714. The molecule has 2 nitrogen and oxygen atoms in total. The number of piperazine rings is 1. The van der Waals surface area contributed by atoms with E-state index in [2.05, 4.69) is 37.1 Å². The fraction of sp³-hybridized carbons (Fsp3) is 0.882. The Morgan fingerprint density at radius 3 is 2.11 bits per heavy atom. The van der Waals surface area contributed by atoms with Crippen molar-refractivity contribution >= 4 is 0 Å². The smallest absolute Gasteiger partial charge is 0.0113 e. The van der Waals surface area contributed by atoms with Crippen LogP contribution in [0.2, 0.25) is 0 Å². The molecule has 0 unspecified atom stereocenters. The van der Waals surface area contributed by atoms with Gasteiger partial charge < -0.3 is 0 Å². The summed E-state index contributed by atoms with van der Waals surface area (Å²) in [6.45, 7) is 16.2. The molecule has 1 aliphatic heterocycles. The van der Waals surface area contributed by atoms with E-state index in [9.17, 15) is 0 Å². The molecule has 2 rings (SSSR count). The Labute approximate surface area is 119 Å². The lowest BCUT2D eigenvalue weighted by atomic mass is 9.80. The SMILES string of the molecule is C=C(CC)C1CCC(N2CCN(C(C)C)CC2)CC1. The first kappa shape index (κ1) is 15.1. The van der Waals surface area contributed by atoms with Crippen molar-refractivity contribution in [3.05, 3.63) is 12.2 Å². The zero-order chi connectivity index (χ0) is 13.8. The minimum atomic E-state index is 0.714. The Balaban J connectivity index is 1.75. The van der Waals surface area contributed by atoms with Crippen LogP contribution in [0.25, 0.3) is 0 Å². The minimum Gasteiger partial charge on any atom is -0.298 e. The van der Waals surface area contributed by atoms with Crippen molar-refractivity contribution in [2.45, 2.75) is 65.0 Å². The summed E-state index contributed by atoms with van der Waals surface area (Å²) in [4.78, 5) is 5.37. The lowest BCUT2D eigenvalue weighted by Crippen LogP contribution is -2.52. The van der Waals surface area contributed by atoms with Crippen molar-refractivity contribution in [1.29, 1.82) is 0 Å². The average Bonchev–Trinajstić information content (AvgIpc) is 2.46. The molecule has 0 aromatic carbocycles. The first-order chi connectivity index (χ1) is 9.11. The molecule has 1 saturated carbocycles. The lowest BCUT2D eigenvalue weighted by molar-refractivity contribution is 0.0597. The largest absolute Gasteiger partial charge is 0.298 e. The van der Waals surface area contributed by atoms with Gasteiger partial charge in [-0.3, -0.25) is 9.80 Å². The highest BCUT2D eigenvalue weighted by atomic mass is 15.3. The van der Waals surface area contributed by atoms with Gasteiger partial charge in [-0.15, -0.1) is 0 Å². The van der Waals surface area contributed by atoms with Gasteiger partial charge in [-0.25, -0.2) is 0 Å². The van der Waals surface area contributed by atoms with Gasteiger partial charge in [-0.2, -0.15) is 0 Å². The van der Waals surface area contributed by atoms with E-state index in [-0.39, 0.29) is 0 Å². The van der Waals surface area contributed by atoms with E-state index < -0.39 is 0 Å². The standard InChI is InChI=1S/C17H32N2/c1-5-15(4)16-6-8-17(9-7-16)19-12-10-18(11-13-19)14(2)3/h14,16-17H,4-13H2,1-3H3. The number of rotatable bonds is 4. The second-order valence-corrected chi connectivity index (χ2v) is 6.68. The van der Waals surface area contributed by atoms with Crippen LogP contribution in [0.15, 0.2) is 12.2 Å². The molecule has 2 heteroatoms. The van der Waals surface area contributed by atoms with Gasteiger partial charge in [-0.1, -0.05) is 19.1 Å². The van der Waals surface area contributed by atoms with Crippen LogP contribution in [-0.4, -0.2) is 48.1 Å². The molecule has 0 N–H and O–H groups in total. The zero-order valence-electron chi connectivity index (χ0n) is 13.2. The molecule has 0 aromatic rings. The van der Waals surface area contributed by atoms with Crippen molar-refractivity contribution in [3.8, 4) is 0 Å². The van der Waals surface area contributed by atoms with Crippen LogP contribution in [-0.2, 0) is 0 Å². The van der Waals surface area contributed by atoms with Crippen LogP contribution in [0.3, 0.4) is 0 Å². The van der Waals surface area contributed by atoms with Crippen molar-refractivity contribution in [2.24, 2.45) is 5.92 Å². The predicted octanol–water partition coefficient (Wildman–Crippen LogP) is 3.54. The molecule has 1 heterocycles. The predicted molar refractivity (Wildman–Crippen MR) is 83.5 cm³/mol. The fourth-order valence-corrected chi connectivity index (χ4v) is 3.76. The highest BCUT2D eigenvalue weighted by Crippen LogP contribution is 2.33. The molecule has 19 heavy (non-hydrogen) atoms. The molecule has 2 fully saturated rings. The molecule has 0 radical (unpaired) electrons. The Hall–Kier alpha value is -0.340. The quantitative estimate of drug-likeness (QED) is 0.717. The van der Waals surface area contributed by atoms with E-state index in [1.807, 2.05) is 0 Å². The van der Waals surface area contributed by atoms with Crippen molar-refractivity contribution in [2.75, 3.05) is 26.2 Å². The Morgan fingerprint density at radius 1 is 1.05 bits per heavy atom. The van der Waals surface area contributed by atoms with Gasteiger partial charge in [0.1, 0.15) is 0 Å². The highest BCUT2D eigenvalue weighted by molar-refractivity contribution is 5.02. The molecule has 0 aromatic heterocycles. The third-order valence-electron chi connectivity index (χ3n) is 5.32. The van der Waals surface area contributed by atoms with Crippen LogP contribution in [0.1, 0.15) is 52.9 Å². The molecular weight excluding hydrogens is 232 g/mol. The summed E-state index contributed by atoms with van der Waals surface area (Å²) in [5.41, 5.74) is 1.49. The van der Waals surface area contributed by atoms with E-state index in [1.54, 1.807) is 0 Å². The maximum atomic E-state index is 4.24. The monoisotopic (exact) mass is 264 g/mol. The second kappa shape index (κ2) is 6.90.